The zero-order chi connectivity index (χ0) is 12.7. The van der Waals surface area contributed by atoms with Crippen LogP contribution in [0.15, 0.2) is 12.7 Å². The molecule has 0 heterocycles. The van der Waals surface area contributed by atoms with Crippen LogP contribution in [0.1, 0.15) is 32.1 Å². The molecule has 4 fully saturated rings. The Labute approximate surface area is 109 Å². The van der Waals surface area contributed by atoms with Crippen LogP contribution in [0.25, 0.3) is 0 Å². The van der Waals surface area contributed by atoms with Crippen LogP contribution in [-0.4, -0.2) is 18.5 Å². The summed E-state index contributed by atoms with van der Waals surface area (Å²) in [6.07, 6.45) is 8.43. The highest BCUT2D eigenvalue weighted by Gasteiger charge is 2.50. The van der Waals surface area contributed by atoms with Gasteiger partial charge in [-0.3, -0.25) is 4.79 Å². The largest absolute Gasteiger partial charge is 0.351 e. The van der Waals surface area contributed by atoms with Crippen molar-refractivity contribution in [3.8, 4) is 0 Å². The molecule has 0 aliphatic heterocycles. The Balaban J connectivity index is 1.68. The number of carbonyl (C=O) groups excluding carboxylic acids is 1. The normalized spacial score (nSPS) is 42.6. The first-order chi connectivity index (χ1) is 8.69. The molecule has 1 amide bonds. The molecule has 0 radical (unpaired) electrons. The van der Waals surface area contributed by atoms with Crippen LogP contribution in [0, 0.1) is 29.6 Å². The molecule has 3 heteroatoms. The molecule has 18 heavy (non-hydrogen) atoms. The average Bonchev–Trinajstić information content (AvgIpc) is 2.34. The minimum atomic E-state index is -0.306. The van der Waals surface area contributed by atoms with Gasteiger partial charge in [0.05, 0.1) is 6.04 Å². The maximum atomic E-state index is 12.0. The third-order valence-corrected chi connectivity index (χ3v) is 5.44. The lowest BCUT2D eigenvalue weighted by Crippen LogP contribution is -2.56. The molecule has 100 valence electrons. The van der Waals surface area contributed by atoms with E-state index < -0.39 is 0 Å². The Morgan fingerprint density at radius 3 is 2.28 bits per heavy atom. The molecule has 4 saturated carbocycles. The molecule has 0 aromatic heterocycles. The standard InChI is InChI=1S/C15H24N2O/c1-2-3-17-15(18)14(16)13-11-5-9-4-10(7-11)8-12(13)6-9/h2,9-14H,1,3-8,16H2,(H,17,18). The van der Waals surface area contributed by atoms with Gasteiger partial charge in [0.2, 0.25) is 5.91 Å². The van der Waals surface area contributed by atoms with E-state index in [1.807, 2.05) is 0 Å². The van der Waals surface area contributed by atoms with E-state index in [9.17, 15) is 4.79 Å². The second-order valence-corrected chi connectivity index (χ2v) is 6.57. The highest BCUT2D eigenvalue weighted by atomic mass is 16.2. The van der Waals surface area contributed by atoms with Crippen molar-refractivity contribution in [1.29, 1.82) is 0 Å². The molecule has 0 aromatic carbocycles. The van der Waals surface area contributed by atoms with Crippen LogP contribution in [0.2, 0.25) is 0 Å². The number of hydrogen-bond acceptors (Lipinski definition) is 2. The van der Waals surface area contributed by atoms with Gasteiger partial charge in [0.1, 0.15) is 0 Å². The first-order valence-corrected chi connectivity index (χ1v) is 7.33. The van der Waals surface area contributed by atoms with Crippen LogP contribution < -0.4 is 11.1 Å². The summed E-state index contributed by atoms with van der Waals surface area (Å²) < 4.78 is 0. The minimum Gasteiger partial charge on any atom is -0.351 e. The van der Waals surface area contributed by atoms with E-state index in [1.165, 1.54) is 32.1 Å². The van der Waals surface area contributed by atoms with Crippen molar-refractivity contribution in [2.24, 2.45) is 35.3 Å². The van der Waals surface area contributed by atoms with E-state index in [4.69, 9.17) is 5.73 Å². The first-order valence-electron chi connectivity index (χ1n) is 7.33. The quantitative estimate of drug-likeness (QED) is 0.744. The van der Waals surface area contributed by atoms with Crippen molar-refractivity contribution < 1.29 is 4.79 Å². The van der Waals surface area contributed by atoms with Gasteiger partial charge < -0.3 is 11.1 Å². The Morgan fingerprint density at radius 1 is 1.22 bits per heavy atom. The molecule has 0 saturated heterocycles. The Hall–Kier alpha value is -0.830. The van der Waals surface area contributed by atoms with Gasteiger partial charge in [0, 0.05) is 6.54 Å². The summed E-state index contributed by atoms with van der Waals surface area (Å²) >= 11 is 0. The SMILES string of the molecule is C=CCNC(=O)C(N)C1C2CC3CC(C2)CC1C3. The highest BCUT2D eigenvalue weighted by molar-refractivity contribution is 5.82. The van der Waals surface area contributed by atoms with Crippen LogP contribution in [0.3, 0.4) is 0 Å². The van der Waals surface area contributed by atoms with Gasteiger partial charge >= 0.3 is 0 Å². The summed E-state index contributed by atoms with van der Waals surface area (Å²) in [5.41, 5.74) is 6.24. The van der Waals surface area contributed by atoms with E-state index in [0.29, 0.717) is 24.3 Å². The zero-order valence-corrected chi connectivity index (χ0v) is 11.0. The fourth-order valence-electron chi connectivity index (χ4n) is 5.02. The average molecular weight is 248 g/mol. The molecular formula is C15H24N2O. The Kier molecular flexibility index (Phi) is 3.18. The van der Waals surface area contributed by atoms with E-state index in [2.05, 4.69) is 11.9 Å². The predicted molar refractivity (Wildman–Crippen MR) is 71.7 cm³/mol. The molecule has 4 aliphatic carbocycles. The summed E-state index contributed by atoms with van der Waals surface area (Å²) in [5.74, 6) is 3.76. The molecule has 0 spiro atoms. The predicted octanol–water partition coefficient (Wildman–Crippen LogP) is 1.69. The van der Waals surface area contributed by atoms with Gasteiger partial charge in [-0.15, -0.1) is 6.58 Å². The fourth-order valence-corrected chi connectivity index (χ4v) is 5.02. The van der Waals surface area contributed by atoms with Crippen LogP contribution in [0.5, 0.6) is 0 Å². The van der Waals surface area contributed by atoms with Crippen LogP contribution in [0.4, 0.5) is 0 Å². The summed E-state index contributed by atoms with van der Waals surface area (Å²) in [7, 11) is 0. The smallest absolute Gasteiger partial charge is 0.237 e. The lowest BCUT2D eigenvalue weighted by Gasteiger charge is -2.55. The first kappa shape index (κ1) is 12.2. The lowest BCUT2D eigenvalue weighted by molar-refractivity contribution is -0.128. The van der Waals surface area contributed by atoms with Crippen LogP contribution >= 0.6 is 0 Å². The number of nitrogens with two attached hydrogens (primary N) is 1. The molecular weight excluding hydrogens is 224 g/mol. The van der Waals surface area contributed by atoms with Gasteiger partial charge in [-0.2, -0.15) is 0 Å². The summed E-state index contributed by atoms with van der Waals surface area (Å²) in [6, 6.07) is -0.306. The number of amides is 1. The van der Waals surface area contributed by atoms with Crippen molar-refractivity contribution in [3.05, 3.63) is 12.7 Å². The van der Waals surface area contributed by atoms with Gasteiger partial charge in [0.15, 0.2) is 0 Å². The van der Waals surface area contributed by atoms with Crippen molar-refractivity contribution in [2.45, 2.75) is 38.1 Å². The molecule has 4 rings (SSSR count). The number of rotatable bonds is 4. The van der Waals surface area contributed by atoms with E-state index in [1.54, 1.807) is 6.08 Å². The second-order valence-electron chi connectivity index (χ2n) is 6.57. The van der Waals surface area contributed by atoms with Crippen molar-refractivity contribution >= 4 is 5.91 Å². The van der Waals surface area contributed by atoms with Crippen molar-refractivity contribution in [2.75, 3.05) is 6.54 Å². The van der Waals surface area contributed by atoms with E-state index in [0.717, 1.165) is 11.8 Å². The third-order valence-electron chi connectivity index (χ3n) is 5.44. The molecule has 1 atom stereocenters. The van der Waals surface area contributed by atoms with Crippen molar-refractivity contribution in [3.63, 3.8) is 0 Å². The van der Waals surface area contributed by atoms with Crippen LogP contribution in [-0.2, 0) is 4.79 Å². The minimum absolute atomic E-state index is 0.0207. The molecule has 3 nitrogen and oxygen atoms in total. The zero-order valence-electron chi connectivity index (χ0n) is 11.0. The molecule has 4 aliphatic rings. The topological polar surface area (TPSA) is 55.1 Å². The Morgan fingerprint density at radius 2 is 1.78 bits per heavy atom. The maximum absolute atomic E-state index is 12.0. The molecule has 4 bridgehead atoms. The van der Waals surface area contributed by atoms with Crippen molar-refractivity contribution in [1.82, 2.24) is 5.32 Å². The van der Waals surface area contributed by atoms with E-state index >= 15 is 0 Å². The maximum Gasteiger partial charge on any atom is 0.237 e. The number of hydrogen-bond donors (Lipinski definition) is 2. The Bertz CT molecular complexity index is 324. The lowest BCUT2D eigenvalue weighted by atomic mass is 9.50. The number of nitrogens with one attached hydrogen (secondary N) is 1. The second kappa shape index (κ2) is 4.69. The summed E-state index contributed by atoms with van der Waals surface area (Å²) in [6.45, 7) is 4.15. The third kappa shape index (κ3) is 1.99. The van der Waals surface area contributed by atoms with Gasteiger partial charge in [-0.1, -0.05) is 6.08 Å². The fraction of sp³-hybridized carbons (Fsp3) is 0.800. The molecule has 1 unspecified atom stereocenters. The molecule has 0 aromatic rings. The van der Waals surface area contributed by atoms with Gasteiger partial charge in [-0.05, 0) is 61.7 Å². The summed E-state index contributed by atoms with van der Waals surface area (Å²) in [4.78, 5) is 12.0. The molecule has 3 N–H and O–H groups in total. The van der Waals surface area contributed by atoms with Gasteiger partial charge in [0.25, 0.3) is 0 Å². The summed E-state index contributed by atoms with van der Waals surface area (Å²) in [5, 5.41) is 2.86. The van der Waals surface area contributed by atoms with E-state index in [-0.39, 0.29) is 11.9 Å². The number of carbonyl (C=O) groups is 1. The van der Waals surface area contributed by atoms with Gasteiger partial charge in [-0.25, -0.2) is 0 Å². The highest BCUT2D eigenvalue weighted by Crippen LogP contribution is 2.57. The monoisotopic (exact) mass is 248 g/mol.